The molecule has 26 heavy (non-hydrogen) atoms. The van der Waals surface area contributed by atoms with Gasteiger partial charge in [-0.1, -0.05) is 44.2 Å². The van der Waals surface area contributed by atoms with Crippen molar-refractivity contribution in [2.24, 2.45) is 5.92 Å². The van der Waals surface area contributed by atoms with E-state index in [1.807, 2.05) is 49.5 Å². The van der Waals surface area contributed by atoms with Crippen LogP contribution in [0.1, 0.15) is 36.6 Å². The topological polar surface area (TPSA) is 88.8 Å². The van der Waals surface area contributed by atoms with Crippen molar-refractivity contribution in [2.75, 3.05) is 11.9 Å². The molecule has 0 aromatic heterocycles. The first-order valence-electron chi connectivity index (χ1n) is 8.73. The predicted molar refractivity (Wildman–Crippen MR) is 102 cm³/mol. The molecule has 0 unspecified atom stereocenters. The van der Waals surface area contributed by atoms with E-state index in [1.165, 1.54) is 6.07 Å². The predicted octanol–water partition coefficient (Wildman–Crippen LogP) is 3.11. The van der Waals surface area contributed by atoms with Gasteiger partial charge in [0.25, 0.3) is 11.6 Å². The Hall–Kier alpha value is -2.73. The minimum atomic E-state index is -0.466. The number of anilines is 1. The summed E-state index contributed by atoms with van der Waals surface area (Å²) in [5.41, 5.74) is 3.05. The van der Waals surface area contributed by atoms with Crippen molar-refractivity contribution < 1.29 is 15.0 Å². The van der Waals surface area contributed by atoms with Gasteiger partial charge in [-0.2, -0.15) is 0 Å². The molecule has 2 rings (SSSR count). The lowest BCUT2D eigenvalue weighted by atomic mass is 9.96. The summed E-state index contributed by atoms with van der Waals surface area (Å²) < 4.78 is 0. The van der Waals surface area contributed by atoms with Gasteiger partial charge in [-0.15, -0.1) is 0 Å². The molecular formula is C20H26N3O3+. The first kappa shape index (κ1) is 19.6. The molecule has 3 N–H and O–H groups in total. The number of quaternary nitrogens is 1. The van der Waals surface area contributed by atoms with Crippen LogP contribution in [0.15, 0.2) is 42.5 Å². The number of nitrogens with zero attached hydrogens (tertiary/aromatic N) is 1. The van der Waals surface area contributed by atoms with Crippen LogP contribution < -0.4 is 10.6 Å². The molecule has 0 saturated heterocycles. The first-order chi connectivity index (χ1) is 12.3. The van der Waals surface area contributed by atoms with Crippen molar-refractivity contribution >= 4 is 17.3 Å². The zero-order valence-corrected chi connectivity index (χ0v) is 15.7. The Morgan fingerprint density at radius 2 is 1.77 bits per heavy atom. The van der Waals surface area contributed by atoms with E-state index in [0.717, 1.165) is 16.7 Å². The number of carbonyl (C=O) groups is 1. The molecule has 0 radical (unpaired) electrons. The minimum absolute atomic E-state index is 0.0788. The summed E-state index contributed by atoms with van der Waals surface area (Å²) in [6.07, 6.45) is 0. The third-order valence-corrected chi connectivity index (χ3v) is 4.54. The molecule has 0 aliphatic carbocycles. The number of nitro groups is 1. The van der Waals surface area contributed by atoms with E-state index in [9.17, 15) is 14.9 Å². The lowest BCUT2D eigenvalue weighted by Crippen LogP contribution is -2.88. The molecule has 2 aromatic carbocycles. The fourth-order valence-corrected chi connectivity index (χ4v) is 2.96. The molecule has 0 saturated carbocycles. The third kappa shape index (κ3) is 4.89. The van der Waals surface area contributed by atoms with Crippen LogP contribution in [0.3, 0.4) is 0 Å². The molecule has 0 spiro atoms. The fraction of sp³-hybridized carbons (Fsp3) is 0.350. The lowest BCUT2D eigenvalue weighted by molar-refractivity contribution is -0.692. The number of aryl methyl sites for hydroxylation is 2. The summed E-state index contributed by atoms with van der Waals surface area (Å²) >= 11 is 0. The maximum Gasteiger partial charge on any atom is 0.293 e. The summed E-state index contributed by atoms with van der Waals surface area (Å²) in [6, 6.07) is 13.3. The Labute approximate surface area is 153 Å². The van der Waals surface area contributed by atoms with Crippen molar-refractivity contribution in [3.63, 3.8) is 0 Å². The van der Waals surface area contributed by atoms with Gasteiger partial charge in [-0.3, -0.25) is 14.9 Å². The van der Waals surface area contributed by atoms with Crippen LogP contribution in [0.25, 0.3) is 0 Å². The van der Waals surface area contributed by atoms with Crippen LogP contribution in [0, 0.1) is 29.9 Å². The Morgan fingerprint density at radius 1 is 1.15 bits per heavy atom. The van der Waals surface area contributed by atoms with Crippen LogP contribution in [-0.2, 0) is 4.79 Å². The molecule has 0 aliphatic heterocycles. The monoisotopic (exact) mass is 356 g/mol. The van der Waals surface area contributed by atoms with E-state index in [1.54, 1.807) is 6.07 Å². The van der Waals surface area contributed by atoms with Crippen molar-refractivity contribution in [1.29, 1.82) is 0 Å². The molecule has 0 aliphatic rings. The Bertz CT molecular complexity index is 788. The van der Waals surface area contributed by atoms with E-state index in [2.05, 4.69) is 19.2 Å². The Balaban J connectivity index is 2.09. The maximum absolute atomic E-state index is 12.4. The van der Waals surface area contributed by atoms with Crippen LogP contribution in [0.2, 0.25) is 0 Å². The number of benzene rings is 2. The highest BCUT2D eigenvalue weighted by Crippen LogP contribution is 2.27. The highest BCUT2D eigenvalue weighted by Gasteiger charge is 2.22. The van der Waals surface area contributed by atoms with Gasteiger partial charge in [0.05, 0.1) is 4.92 Å². The fourth-order valence-electron chi connectivity index (χ4n) is 2.96. The second-order valence-electron chi connectivity index (χ2n) is 6.88. The van der Waals surface area contributed by atoms with Gasteiger partial charge in [0.1, 0.15) is 11.7 Å². The van der Waals surface area contributed by atoms with E-state index in [-0.39, 0.29) is 29.9 Å². The molecular weight excluding hydrogens is 330 g/mol. The smallest absolute Gasteiger partial charge is 0.293 e. The number of nitrogens with two attached hydrogens (primary N) is 1. The van der Waals surface area contributed by atoms with E-state index in [0.29, 0.717) is 5.92 Å². The second-order valence-corrected chi connectivity index (χ2v) is 6.88. The minimum Gasteiger partial charge on any atom is -0.332 e. The van der Waals surface area contributed by atoms with E-state index in [4.69, 9.17) is 0 Å². The average Bonchev–Trinajstić information content (AvgIpc) is 2.58. The molecule has 0 heterocycles. The summed E-state index contributed by atoms with van der Waals surface area (Å²) in [4.78, 5) is 23.2. The number of hydrogen-bond donors (Lipinski definition) is 2. The van der Waals surface area contributed by atoms with Gasteiger partial charge in [-0.05, 0) is 31.0 Å². The van der Waals surface area contributed by atoms with Gasteiger partial charge >= 0.3 is 0 Å². The van der Waals surface area contributed by atoms with Crippen molar-refractivity contribution in [2.45, 2.75) is 33.7 Å². The van der Waals surface area contributed by atoms with E-state index >= 15 is 0 Å². The molecule has 2 aromatic rings. The van der Waals surface area contributed by atoms with Crippen LogP contribution in [-0.4, -0.2) is 17.4 Å². The first-order valence-corrected chi connectivity index (χ1v) is 8.73. The number of hydrogen-bond acceptors (Lipinski definition) is 3. The highest BCUT2D eigenvalue weighted by atomic mass is 16.6. The molecule has 0 fully saturated rings. The largest absolute Gasteiger partial charge is 0.332 e. The summed E-state index contributed by atoms with van der Waals surface area (Å²) in [5.74, 6) is 0.0964. The normalized spacial score (nSPS) is 12.0. The van der Waals surface area contributed by atoms with Crippen molar-refractivity contribution in [3.8, 4) is 0 Å². The molecule has 1 atom stereocenters. The van der Waals surface area contributed by atoms with Gasteiger partial charge in [0, 0.05) is 17.5 Å². The van der Waals surface area contributed by atoms with Gasteiger partial charge < -0.3 is 10.6 Å². The standard InChI is InChI=1S/C20H25N3O3/c1-13(2)20(16-8-6-5-7-9-16)21-12-19(24)22-17-10-14(3)15(4)11-18(17)23(25)26/h5-11,13,20-21H,12H2,1-4H3,(H,22,24)/p+1/t20-/m1/s1. The van der Waals surface area contributed by atoms with Crippen LogP contribution in [0.4, 0.5) is 11.4 Å². The number of nitrogens with one attached hydrogen (secondary N) is 1. The number of carbonyl (C=O) groups excluding carboxylic acids is 1. The summed E-state index contributed by atoms with van der Waals surface area (Å²) in [5, 5.41) is 15.9. The SMILES string of the molecule is Cc1cc(NC(=O)C[NH2+][C@@H](c2ccccc2)C(C)C)c([N+](=O)[O-])cc1C. The number of rotatable bonds is 7. The maximum atomic E-state index is 12.4. The highest BCUT2D eigenvalue weighted by molar-refractivity contribution is 5.93. The quantitative estimate of drug-likeness (QED) is 0.590. The molecule has 6 nitrogen and oxygen atoms in total. The molecule has 138 valence electrons. The Morgan fingerprint density at radius 3 is 2.35 bits per heavy atom. The summed E-state index contributed by atoms with van der Waals surface area (Å²) in [7, 11) is 0. The average molecular weight is 356 g/mol. The van der Waals surface area contributed by atoms with Crippen molar-refractivity contribution in [3.05, 3.63) is 69.3 Å². The third-order valence-electron chi connectivity index (χ3n) is 4.54. The summed E-state index contributed by atoms with van der Waals surface area (Å²) in [6.45, 7) is 8.10. The molecule has 0 bridgehead atoms. The number of nitro benzene ring substituents is 1. The number of amides is 1. The molecule has 1 amide bonds. The lowest BCUT2D eigenvalue weighted by Gasteiger charge is -2.19. The zero-order valence-electron chi connectivity index (χ0n) is 15.7. The zero-order chi connectivity index (χ0) is 19.3. The van der Waals surface area contributed by atoms with Gasteiger partial charge in [-0.25, -0.2) is 0 Å². The van der Waals surface area contributed by atoms with Gasteiger partial charge in [0.2, 0.25) is 0 Å². The second kappa shape index (κ2) is 8.58. The molecule has 6 heteroatoms. The Kier molecular flexibility index (Phi) is 6.46. The van der Waals surface area contributed by atoms with Crippen LogP contribution >= 0.6 is 0 Å². The van der Waals surface area contributed by atoms with Crippen LogP contribution in [0.5, 0.6) is 0 Å². The van der Waals surface area contributed by atoms with Gasteiger partial charge in [0.15, 0.2) is 6.54 Å². The van der Waals surface area contributed by atoms with Crippen molar-refractivity contribution in [1.82, 2.24) is 0 Å². The van der Waals surface area contributed by atoms with E-state index < -0.39 is 4.92 Å².